The van der Waals surface area contributed by atoms with Crippen LogP contribution in [0.5, 0.6) is 0 Å². The molecular formula is C14H8ClNO4S. The monoisotopic (exact) mass is 321 g/mol. The summed E-state index contributed by atoms with van der Waals surface area (Å²) in [6.07, 6.45) is 0. The van der Waals surface area contributed by atoms with Gasteiger partial charge in [-0.3, -0.25) is 9.59 Å². The number of rotatable bonds is 2. The number of nitrogens with zero attached hydrogens (tertiary/aromatic N) is 1. The zero-order chi connectivity index (χ0) is 15.2. The summed E-state index contributed by atoms with van der Waals surface area (Å²) in [4.78, 5) is 23.8. The number of hydrogen-bond donors (Lipinski definition) is 0. The van der Waals surface area contributed by atoms with Crippen molar-refractivity contribution >= 4 is 39.0 Å². The molecule has 0 fully saturated rings. The summed E-state index contributed by atoms with van der Waals surface area (Å²) in [7, 11) is -4.15. The lowest BCUT2D eigenvalue weighted by Gasteiger charge is -2.16. The number of amides is 1. The van der Waals surface area contributed by atoms with Crippen molar-refractivity contribution in [1.29, 1.82) is 0 Å². The van der Waals surface area contributed by atoms with Gasteiger partial charge in [0.25, 0.3) is 15.8 Å². The molecule has 0 N–H and O–H groups in total. The number of carbonyl (C=O) groups is 2. The number of anilines is 1. The maximum absolute atomic E-state index is 12.6. The summed E-state index contributed by atoms with van der Waals surface area (Å²) < 4.78 is 25.7. The molecule has 3 rings (SSSR count). The molecule has 0 saturated heterocycles. The number of ketones is 1. The minimum Gasteiger partial charge on any atom is -0.283 e. The second-order valence-electron chi connectivity index (χ2n) is 4.37. The van der Waals surface area contributed by atoms with Crippen LogP contribution in [0.4, 0.5) is 5.69 Å². The molecule has 21 heavy (non-hydrogen) atoms. The van der Waals surface area contributed by atoms with E-state index in [-0.39, 0.29) is 16.1 Å². The van der Waals surface area contributed by atoms with Crippen LogP contribution in [0.1, 0.15) is 10.4 Å². The molecule has 1 heterocycles. The van der Waals surface area contributed by atoms with Crippen molar-refractivity contribution in [3.05, 3.63) is 59.1 Å². The van der Waals surface area contributed by atoms with E-state index >= 15 is 0 Å². The summed E-state index contributed by atoms with van der Waals surface area (Å²) in [5.74, 6) is -1.91. The highest BCUT2D eigenvalue weighted by Gasteiger charge is 2.43. The normalized spacial score (nSPS) is 14.4. The Morgan fingerprint density at radius 2 is 1.52 bits per heavy atom. The van der Waals surface area contributed by atoms with E-state index in [1.54, 1.807) is 12.1 Å². The molecule has 0 radical (unpaired) electrons. The van der Waals surface area contributed by atoms with Crippen LogP contribution in [0.2, 0.25) is 5.02 Å². The van der Waals surface area contributed by atoms with E-state index in [0.29, 0.717) is 9.33 Å². The van der Waals surface area contributed by atoms with E-state index in [2.05, 4.69) is 0 Å². The Balaban J connectivity index is 2.18. The lowest BCUT2D eigenvalue weighted by molar-refractivity contribution is -0.113. The van der Waals surface area contributed by atoms with Gasteiger partial charge < -0.3 is 0 Å². The zero-order valence-electron chi connectivity index (χ0n) is 10.5. The lowest BCUT2D eigenvalue weighted by atomic mass is 10.1. The largest absolute Gasteiger partial charge is 0.313 e. The summed E-state index contributed by atoms with van der Waals surface area (Å²) in [6, 6.07) is 11.4. The van der Waals surface area contributed by atoms with Gasteiger partial charge in [-0.1, -0.05) is 23.7 Å². The Kier molecular flexibility index (Phi) is 3.07. The van der Waals surface area contributed by atoms with Gasteiger partial charge >= 0.3 is 5.91 Å². The molecule has 0 spiro atoms. The number of halogens is 1. The first-order valence-corrected chi connectivity index (χ1v) is 7.73. The van der Waals surface area contributed by atoms with Gasteiger partial charge in [-0.2, -0.15) is 4.31 Å². The highest BCUT2D eigenvalue weighted by Crippen LogP contribution is 2.33. The van der Waals surface area contributed by atoms with E-state index < -0.39 is 21.7 Å². The van der Waals surface area contributed by atoms with E-state index in [1.807, 2.05) is 0 Å². The van der Waals surface area contributed by atoms with Crippen LogP contribution in [-0.4, -0.2) is 20.1 Å². The first-order valence-electron chi connectivity index (χ1n) is 5.91. The summed E-state index contributed by atoms with van der Waals surface area (Å²) in [5.41, 5.74) is 0.155. The zero-order valence-corrected chi connectivity index (χ0v) is 12.1. The SMILES string of the molecule is O=C1C(=O)N(S(=O)(=O)c2ccc(Cl)cc2)c2ccccc21. The van der Waals surface area contributed by atoms with Crippen molar-refractivity contribution in [2.75, 3.05) is 4.31 Å². The third-order valence-electron chi connectivity index (χ3n) is 3.10. The van der Waals surface area contributed by atoms with Crippen LogP contribution < -0.4 is 4.31 Å². The van der Waals surface area contributed by atoms with Gasteiger partial charge in [-0.25, -0.2) is 8.42 Å². The number of fused-ring (bicyclic) bond motifs is 1. The molecule has 0 aromatic heterocycles. The van der Waals surface area contributed by atoms with Gasteiger partial charge in [0, 0.05) is 5.02 Å². The minimum atomic E-state index is -4.15. The van der Waals surface area contributed by atoms with Crippen LogP contribution in [0.25, 0.3) is 0 Å². The Morgan fingerprint density at radius 1 is 0.905 bits per heavy atom. The van der Waals surface area contributed by atoms with E-state index in [1.165, 1.54) is 36.4 Å². The lowest BCUT2D eigenvalue weighted by Crippen LogP contribution is -2.35. The molecule has 2 aromatic rings. The van der Waals surface area contributed by atoms with Crippen molar-refractivity contribution in [3.63, 3.8) is 0 Å². The van der Waals surface area contributed by atoms with Crippen LogP contribution in [0, 0.1) is 0 Å². The topological polar surface area (TPSA) is 71.5 Å². The summed E-state index contributed by atoms with van der Waals surface area (Å²) in [6.45, 7) is 0. The number of hydrogen-bond acceptors (Lipinski definition) is 4. The molecule has 5 nitrogen and oxygen atoms in total. The van der Waals surface area contributed by atoms with Gasteiger partial charge in [0.15, 0.2) is 0 Å². The quantitative estimate of drug-likeness (QED) is 0.795. The van der Waals surface area contributed by atoms with Crippen molar-refractivity contribution in [3.8, 4) is 0 Å². The average Bonchev–Trinajstić information content (AvgIpc) is 2.72. The molecule has 0 saturated carbocycles. The molecule has 0 atom stereocenters. The maximum Gasteiger partial charge on any atom is 0.313 e. The Labute approximate surface area is 125 Å². The average molecular weight is 322 g/mol. The molecule has 0 aliphatic carbocycles. The van der Waals surface area contributed by atoms with Crippen molar-refractivity contribution in [1.82, 2.24) is 0 Å². The molecule has 1 aliphatic rings. The smallest absolute Gasteiger partial charge is 0.283 e. The number of carbonyl (C=O) groups excluding carboxylic acids is 2. The van der Waals surface area contributed by atoms with Crippen LogP contribution in [0.15, 0.2) is 53.4 Å². The van der Waals surface area contributed by atoms with Gasteiger partial charge in [0.1, 0.15) is 0 Å². The van der Waals surface area contributed by atoms with Crippen LogP contribution in [0.3, 0.4) is 0 Å². The molecular weight excluding hydrogens is 314 g/mol. The fraction of sp³-hybridized carbons (Fsp3) is 0. The Bertz CT molecular complexity index is 859. The standard InChI is InChI=1S/C14H8ClNO4S/c15-9-5-7-10(8-6-9)21(19,20)16-12-4-2-1-3-11(12)13(17)14(16)18/h1-8H. The van der Waals surface area contributed by atoms with Crippen LogP contribution in [-0.2, 0) is 14.8 Å². The van der Waals surface area contributed by atoms with Gasteiger partial charge in [0.2, 0.25) is 0 Å². The second kappa shape index (κ2) is 4.68. The fourth-order valence-electron chi connectivity index (χ4n) is 2.11. The number of benzene rings is 2. The fourth-order valence-corrected chi connectivity index (χ4v) is 3.65. The molecule has 0 unspecified atom stereocenters. The van der Waals surface area contributed by atoms with Crippen molar-refractivity contribution < 1.29 is 18.0 Å². The van der Waals surface area contributed by atoms with Crippen molar-refractivity contribution in [2.24, 2.45) is 0 Å². The third-order valence-corrected chi connectivity index (χ3v) is 5.06. The predicted molar refractivity (Wildman–Crippen MR) is 76.9 cm³/mol. The highest BCUT2D eigenvalue weighted by molar-refractivity contribution is 7.93. The molecule has 106 valence electrons. The predicted octanol–water partition coefficient (Wildman–Crippen LogP) is 2.26. The molecule has 1 aliphatic heterocycles. The molecule has 0 bridgehead atoms. The van der Waals surface area contributed by atoms with Gasteiger partial charge in [-0.15, -0.1) is 0 Å². The summed E-state index contributed by atoms with van der Waals surface area (Å²) >= 11 is 5.72. The maximum atomic E-state index is 12.6. The molecule has 1 amide bonds. The first kappa shape index (κ1) is 13.8. The van der Waals surface area contributed by atoms with E-state index in [4.69, 9.17) is 11.6 Å². The molecule has 7 heteroatoms. The van der Waals surface area contributed by atoms with Crippen LogP contribution >= 0.6 is 11.6 Å². The van der Waals surface area contributed by atoms with E-state index in [9.17, 15) is 18.0 Å². The van der Waals surface area contributed by atoms with E-state index in [0.717, 1.165) is 0 Å². The Morgan fingerprint density at radius 3 is 2.19 bits per heavy atom. The third kappa shape index (κ3) is 2.03. The second-order valence-corrected chi connectivity index (χ2v) is 6.60. The van der Waals surface area contributed by atoms with Gasteiger partial charge in [-0.05, 0) is 36.4 Å². The summed E-state index contributed by atoms with van der Waals surface area (Å²) in [5, 5.41) is 0.373. The number of para-hydroxylation sites is 1. The highest BCUT2D eigenvalue weighted by atomic mass is 35.5. The number of sulfonamides is 1. The van der Waals surface area contributed by atoms with Gasteiger partial charge in [0.05, 0.1) is 16.1 Å². The minimum absolute atomic E-state index is 0.0717. The number of Topliss-reactive ketones (excluding diaryl/α,β-unsaturated/α-hetero) is 1. The molecule has 2 aromatic carbocycles. The Hall–Kier alpha value is -2.18. The van der Waals surface area contributed by atoms with Crippen molar-refractivity contribution in [2.45, 2.75) is 4.90 Å². The first-order chi connectivity index (χ1) is 9.93.